The average Bonchev–Trinajstić information content (AvgIpc) is 3.28. The summed E-state index contributed by atoms with van der Waals surface area (Å²) in [5.41, 5.74) is 3.48. The van der Waals surface area contributed by atoms with Gasteiger partial charge in [-0.2, -0.15) is 5.10 Å². The van der Waals surface area contributed by atoms with Crippen LogP contribution in [0.15, 0.2) is 55.1 Å². The molecule has 0 saturated carbocycles. The van der Waals surface area contributed by atoms with E-state index in [1.54, 1.807) is 35.0 Å². The number of amides is 1. The van der Waals surface area contributed by atoms with Gasteiger partial charge in [0.1, 0.15) is 0 Å². The maximum atomic E-state index is 13.1. The van der Waals surface area contributed by atoms with Crippen molar-refractivity contribution in [1.29, 1.82) is 0 Å². The summed E-state index contributed by atoms with van der Waals surface area (Å²) in [5, 5.41) is 9.09. The molecule has 1 heterocycles. The first-order valence-electron chi connectivity index (χ1n) is 13.6. The number of ether oxygens (including phenoxy) is 2. The molecule has 3 rings (SSSR count). The molecule has 0 bridgehead atoms. The SMILES string of the molecule is C=CCC(CC)(CC)CCOCCOCCNC(=O)c1nn(-c2ccc(Cl)cc2Cl)c(-c2ccc(Cl)cc2)c1C. The van der Waals surface area contributed by atoms with Crippen molar-refractivity contribution in [2.75, 3.05) is 33.0 Å². The number of nitrogens with one attached hydrogen (secondary N) is 1. The third-order valence-corrected chi connectivity index (χ3v) is 8.14. The van der Waals surface area contributed by atoms with Gasteiger partial charge in [0.15, 0.2) is 5.69 Å². The second-order valence-electron chi connectivity index (χ2n) is 9.77. The largest absolute Gasteiger partial charge is 0.379 e. The van der Waals surface area contributed by atoms with E-state index in [2.05, 4.69) is 30.8 Å². The van der Waals surface area contributed by atoms with Crippen LogP contribution < -0.4 is 5.32 Å². The lowest BCUT2D eigenvalue weighted by Crippen LogP contribution is -2.28. The first-order valence-corrected chi connectivity index (χ1v) is 14.7. The molecule has 0 atom stereocenters. The van der Waals surface area contributed by atoms with Gasteiger partial charge in [0, 0.05) is 34.3 Å². The van der Waals surface area contributed by atoms with Gasteiger partial charge in [-0.25, -0.2) is 4.68 Å². The van der Waals surface area contributed by atoms with Crippen LogP contribution >= 0.6 is 34.8 Å². The summed E-state index contributed by atoms with van der Waals surface area (Å²) in [6.07, 6.45) is 6.24. The third-order valence-electron chi connectivity index (χ3n) is 7.35. The second-order valence-corrected chi connectivity index (χ2v) is 11.0. The molecule has 0 saturated heterocycles. The molecule has 0 unspecified atom stereocenters. The van der Waals surface area contributed by atoms with E-state index in [1.165, 1.54) is 0 Å². The number of hydrogen-bond donors (Lipinski definition) is 1. The zero-order valence-electron chi connectivity index (χ0n) is 23.4. The lowest BCUT2D eigenvalue weighted by atomic mass is 9.77. The lowest BCUT2D eigenvalue weighted by molar-refractivity contribution is 0.0334. The van der Waals surface area contributed by atoms with Crippen LogP contribution in [0.4, 0.5) is 0 Å². The smallest absolute Gasteiger partial charge is 0.272 e. The first kappa shape index (κ1) is 32.2. The van der Waals surface area contributed by atoms with E-state index in [1.807, 2.05) is 25.1 Å². The lowest BCUT2D eigenvalue weighted by Gasteiger charge is -2.30. The van der Waals surface area contributed by atoms with Crippen molar-refractivity contribution in [3.05, 3.63) is 81.4 Å². The number of rotatable bonds is 16. The zero-order valence-corrected chi connectivity index (χ0v) is 25.7. The second kappa shape index (κ2) is 15.6. The van der Waals surface area contributed by atoms with Crippen LogP contribution in [0.25, 0.3) is 16.9 Å². The number of benzene rings is 2. The predicted octanol–water partition coefficient (Wildman–Crippen LogP) is 8.34. The number of nitrogens with zero attached hydrogens (tertiary/aromatic N) is 2. The molecule has 1 aromatic heterocycles. The normalized spacial score (nSPS) is 11.6. The highest BCUT2D eigenvalue weighted by atomic mass is 35.5. The molecule has 0 aliphatic carbocycles. The van der Waals surface area contributed by atoms with Crippen molar-refractivity contribution >= 4 is 40.7 Å². The monoisotopic (exact) mass is 605 g/mol. The maximum Gasteiger partial charge on any atom is 0.272 e. The van der Waals surface area contributed by atoms with Crippen molar-refractivity contribution in [2.24, 2.45) is 5.41 Å². The Kier molecular flexibility index (Phi) is 12.5. The standard InChI is InChI=1S/C31H38Cl3N3O3/c1-5-14-31(6-2,7-3)15-17-39-19-20-40-18-16-35-30(38)28-22(4)29(23-8-10-24(32)11-9-23)37(36-28)27-13-12-25(33)21-26(27)34/h5,8-13,21H,1,6-7,14-20H2,2-4H3,(H,35,38). The van der Waals surface area contributed by atoms with Gasteiger partial charge in [-0.15, -0.1) is 6.58 Å². The average molecular weight is 607 g/mol. The summed E-state index contributed by atoms with van der Waals surface area (Å²) in [6, 6.07) is 12.5. The molecule has 216 valence electrons. The van der Waals surface area contributed by atoms with Crippen molar-refractivity contribution in [2.45, 2.75) is 46.5 Å². The summed E-state index contributed by atoms with van der Waals surface area (Å²) in [6.45, 7) is 12.6. The minimum Gasteiger partial charge on any atom is -0.379 e. The Bertz CT molecular complexity index is 1270. The molecule has 0 spiro atoms. The van der Waals surface area contributed by atoms with Crippen LogP contribution in [0.2, 0.25) is 15.1 Å². The van der Waals surface area contributed by atoms with Gasteiger partial charge in [-0.05, 0) is 55.5 Å². The molecule has 3 aromatic rings. The molecule has 0 radical (unpaired) electrons. The fourth-order valence-electron chi connectivity index (χ4n) is 4.72. The highest BCUT2D eigenvalue weighted by Crippen LogP contribution is 2.35. The fraction of sp³-hybridized carbons (Fsp3) is 0.419. The van der Waals surface area contributed by atoms with Crippen molar-refractivity contribution < 1.29 is 14.3 Å². The molecule has 0 aliphatic heterocycles. The Morgan fingerprint density at radius 1 is 1.00 bits per heavy atom. The van der Waals surface area contributed by atoms with Crippen LogP contribution in [-0.4, -0.2) is 48.7 Å². The summed E-state index contributed by atoms with van der Waals surface area (Å²) in [4.78, 5) is 13.1. The van der Waals surface area contributed by atoms with Gasteiger partial charge in [0.2, 0.25) is 0 Å². The Morgan fingerprint density at radius 2 is 1.65 bits per heavy atom. The highest BCUT2D eigenvalue weighted by Gasteiger charge is 2.24. The number of carbonyl (C=O) groups excluding carboxylic acids is 1. The van der Waals surface area contributed by atoms with Gasteiger partial charge in [0.25, 0.3) is 5.91 Å². The van der Waals surface area contributed by atoms with Gasteiger partial charge in [-0.1, -0.05) is 79.7 Å². The summed E-state index contributed by atoms with van der Waals surface area (Å²) < 4.78 is 13.1. The molecule has 6 nitrogen and oxygen atoms in total. The number of carbonyl (C=O) groups is 1. The van der Waals surface area contributed by atoms with Crippen molar-refractivity contribution in [1.82, 2.24) is 15.1 Å². The molecule has 0 aliphatic rings. The van der Waals surface area contributed by atoms with Crippen molar-refractivity contribution in [3.8, 4) is 16.9 Å². The van der Waals surface area contributed by atoms with Crippen LogP contribution in [0.5, 0.6) is 0 Å². The van der Waals surface area contributed by atoms with Gasteiger partial charge >= 0.3 is 0 Å². The number of allylic oxidation sites excluding steroid dienone is 1. The van der Waals surface area contributed by atoms with E-state index < -0.39 is 0 Å². The first-order chi connectivity index (χ1) is 19.2. The van der Waals surface area contributed by atoms with E-state index >= 15 is 0 Å². The van der Waals surface area contributed by atoms with Gasteiger partial charge < -0.3 is 14.8 Å². The van der Waals surface area contributed by atoms with Gasteiger partial charge in [-0.3, -0.25) is 4.79 Å². The minimum atomic E-state index is -0.297. The Morgan fingerprint density at radius 3 is 2.27 bits per heavy atom. The fourth-order valence-corrected chi connectivity index (χ4v) is 5.33. The van der Waals surface area contributed by atoms with Crippen LogP contribution in [0.1, 0.15) is 55.6 Å². The van der Waals surface area contributed by atoms with Crippen molar-refractivity contribution in [3.63, 3.8) is 0 Å². The minimum absolute atomic E-state index is 0.268. The van der Waals surface area contributed by atoms with Crippen LogP contribution in [0, 0.1) is 12.3 Å². The number of halogens is 3. The molecule has 0 fully saturated rings. The van der Waals surface area contributed by atoms with E-state index in [4.69, 9.17) is 44.3 Å². The van der Waals surface area contributed by atoms with Gasteiger partial charge in [0.05, 0.1) is 36.2 Å². The molecular formula is C31H38Cl3N3O3. The van der Waals surface area contributed by atoms with Crippen LogP contribution in [-0.2, 0) is 9.47 Å². The zero-order chi connectivity index (χ0) is 29.1. The van der Waals surface area contributed by atoms with E-state index in [-0.39, 0.29) is 11.3 Å². The molecular weight excluding hydrogens is 569 g/mol. The number of hydrogen-bond acceptors (Lipinski definition) is 4. The molecule has 1 amide bonds. The van der Waals surface area contributed by atoms with E-state index in [0.717, 1.165) is 36.9 Å². The molecule has 9 heteroatoms. The van der Waals surface area contributed by atoms with E-state index in [9.17, 15) is 4.79 Å². The van der Waals surface area contributed by atoms with Crippen LogP contribution in [0.3, 0.4) is 0 Å². The molecule has 1 N–H and O–H groups in total. The summed E-state index contributed by atoms with van der Waals surface area (Å²) >= 11 is 18.7. The quantitative estimate of drug-likeness (QED) is 0.131. The summed E-state index contributed by atoms with van der Waals surface area (Å²) in [7, 11) is 0. The Labute approximate surface area is 252 Å². The molecule has 2 aromatic carbocycles. The maximum absolute atomic E-state index is 13.1. The Hall–Kier alpha value is -2.35. The van der Waals surface area contributed by atoms with E-state index in [0.29, 0.717) is 65.0 Å². The highest BCUT2D eigenvalue weighted by molar-refractivity contribution is 6.35. The molecule has 40 heavy (non-hydrogen) atoms. The third kappa shape index (κ3) is 8.34. The summed E-state index contributed by atoms with van der Waals surface area (Å²) in [5.74, 6) is -0.297. The predicted molar refractivity (Wildman–Crippen MR) is 165 cm³/mol. The topological polar surface area (TPSA) is 65.4 Å². The number of aromatic nitrogens is 2. The Balaban J connectivity index is 1.57.